The predicted octanol–water partition coefficient (Wildman–Crippen LogP) is 4.79. The van der Waals surface area contributed by atoms with E-state index in [4.69, 9.17) is 16.6 Å². The molecule has 4 nitrogen and oxygen atoms in total. The van der Waals surface area contributed by atoms with E-state index < -0.39 is 0 Å². The molecule has 0 aliphatic carbocycles. The van der Waals surface area contributed by atoms with Gasteiger partial charge < -0.3 is 5.32 Å². The first kappa shape index (κ1) is 15.0. The van der Waals surface area contributed by atoms with E-state index in [1.165, 1.54) is 0 Å². The van der Waals surface area contributed by atoms with Gasteiger partial charge in [0.05, 0.1) is 5.52 Å². The molecule has 0 bridgehead atoms. The first-order valence-electron chi connectivity index (χ1n) is 7.85. The lowest BCUT2D eigenvalue weighted by atomic mass is 10.1. The van der Waals surface area contributed by atoms with Crippen LogP contribution in [0.3, 0.4) is 0 Å². The molecule has 1 aliphatic heterocycles. The smallest absolute Gasteiger partial charge is 0.308 e. The van der Waals surface area contributed by atoms with Crippen LogP contribution in [0.25, 0.3) is 10.9 Å². The van der Waals surface area contributed by atoms with Gasteiger partial charge in [-0.3, -0.25) is 4.90 Å². The molecule has 0 fully saturated rings. The van der Waals surface area contributed by atoms with Gasteiger partial charge in [-0.2, -0.15) is 0 Å². The van der Waals surface area contributed by atoms with Gasteiger partial charge in [0.25, 0.3) is 0 Å². The Morgan fingerprint density at radius 2 is 2.00 bits per heavy atom. The highest BCUT2D eigenvalue weighted by Gasteiger charge is 2.27. The molecule has 2 aromatic carbocycles. The number of nitrogens with one attached hydrogen (secondary N) is 1. The van der Waals surface area contributed by atoms with Crippen molar-refractivity contribution in [1.82, 2.24) is 4.98 Å². The fraction of sp³-hybridized carbons (Fsp3) is 0.158. The van der Waals surface area contributed by atoms with Gasteiger partial charge in [0.15, 0.2) is 0 Å². The third-order valence-electron chi connectivity index (χ3n) is 4.30. The van der Waals surface area contributed by atoms with Crippen molar-refractivity contribution in [2.24, 2.45) is 0 Å². The Morgan fingerprint density at radius 3 is 2.79 bits per heavy atom. The van der Waals surface area contributed by atoms with Crippen LogP contribution >= 0.6 is 11.6 Å². The van der Waals surface area contributed by atoms with E-state index in [0.29, 0.717) is 11.6 Å². The molecule has 0 saturated carbocycles. The van der Waals surface area contributed by atoms with Gasteiger partial charge in [-0.05, 0) is 54.8 Å². The lowest BCUT2D eigenvalue weighted by Gasteiger charge is -2.18. The third-order valence-corrected chi connectivity index (χ3v) is 4.56. The minimum Gasteiger partial charge on any atom is -0.308 e. The Morgan fingerprint density at radius 1 is 1.21 bits per heavy atom. The van der Waals surface area contributed by atoms with Gasteiger partial charge in [-0.15, -0.1) is 0 Å². The van der Waals surface area contributed by atoms with Gasteiger partial charge in [-0.25, -0.2) is 9.78 Å². The molecule has 120 valence electrons. The molecule has 2 heterocycles. The summed E-state index contributed by atoms with van der Waals surface area (Å²) < 4.78 is 0. The molecule has 0 atom stereocenters. The quantitative estimate of drug-likeness (QED) is 0.693. The van der Waals surface area contributed by atoms with Crippen LogP contribution in [0.1, 0.15) is 11.1 Å². The predicted molar refractivity (Wildman–Crippen MR) is 98.0 cm³/mol. The van der Waals surface area contributed by atoms with Crippen LogP contribution in [-0.2, 0) is 6.42 Å². The average Bonchev–Trinajstić information content (AvgIpc) is 2.99. The number of rotatable bonds is 1. The molecule has 0 unspecified atom stereocenters. The van der Waals surface area contributed by atoms with E-state index in [-0.39, 0.29) is 6.03 Å². The molecule has 0 radical (unpaired) electrons. The third kappa shape index (κ3) is 2.59. The summed E-state index contributed by atoms with van der Waals surface area (Å²) in [6.07, 6.45) is 0.820. The minimum atomic E-state index is -0.170. The van der Waals surface area contributed by atoms with Crippen LogP contribution in [0.5, 0.6) is 0 Å². The topological polar surface area (TPSA) is 45.2 Å². The molecule has 24 heavy (non-hydrogen) atoms. The van der Waals surface area contributed by atoms with E-state index in [2.05, 4.69) is 17.4 Å². The highest BCUT2D eigenvalue weighted by atomic mass is 35.5. The molecular weight excluding hydrogens is 322 g/mol. The number of para-hydroxylation sites is 1. The summed E-state index contributed by atoms with van der Waals surface area (Å²) in [4.78, 5) is 19.1. The molecule has 1 aliphatic rings. The Balaban J connectivity index is 1.66. The van der Waals surface area contributed by atoms with E-state index in [0.717, 1.165) is 40.0 Å². The number of carbonyl (C=O) groups excluding carboxylic acids is 1. The van der Waals surface area contributed by atoms with Gasteiger partial charge in [0.1, 0.15) is 5.82 Å². The summed E-state index contributed by atoms with van der Waals surface area (Å²) in [5.41, 5.74) is 3.89. The number of aromatic nitrogens is 1. The zero-order chi connectivity index (χ0) is 16.7. The second kappa shape index (κ2) is 5.80. The van der Waals surface area contributed by atoms with E-state index in [1.54, 1.807) is 29.2 Å². The molecule has 0 saturated heterocycles. The first-order valence-corrected chi connectivity index (χ1v) is 8.23. The Bertz CT molecular complexity index is 937. The van der Waals surface area contributed by atoms with Crippen LogP contribution in [0.2, 0.25) is 5.02 Å². The zero-order valence-corrected chi connectivity index (χ0v) is 14.0. The summed E-state index contributed by atoms with van der Waals surface area (Å²) in [6, 6.07) is 15.2. The first-order chi connectivity index (χ1) is 11.6. The SMILES string of the molecule is Cc1cccc2cc3c(nc12)N(C(=O)Nc1ccc(Cl)cc1)CC3. The van der Waals surface area contributed by atoms with Gasteiger partial charge in [0.2, 0.25) is 0 Å². The van der Waals surface area contributed by atoms with Crippen molar-refractivity contribution in [1.29, 1.82) is 0 Å². The molecule has 1 aromatic heterocycles. The fourth-order valence-electron chi connectivity index (χ4n) is 3.06. The highest BCUT2D eigenvalue weighted by molar-refractivity contribution is 6.30. The highest BCUT2D eigenvalue weighted by Crippen LogP contribution is 2.31. The van der Waals surface area contributed by atoms with E-state index in [9.17, 15) is 4.79 Å². The molecular formula is C19H16ClN3O. The summed E-state index contributed by atoms with van der Waals surface area (Å²) in [6.45, 7) is 2.67. The van der Waals surface area contributed by atoms with Crippen molar-refractivity contribution in [3.8, 4) is 0 Å². The number of fused-ring (bicyclic) bond motifs is 2. The van der Waals surface area contributed by atoms with Crippen molar-refractivity contribution in [3.05, 3.63) is 64.7 Å². The average molecular weight is 338 g/mol. The molecule has 4 rings (SSSR count). The Labute approximate surface area is 145 Å². The van der Waals surface area contributed by atoms with Crippen molar-refractivity contribution in [3.63, 3.8) is 0 Å². The monoisotopic (exact) mass is 337 g/mol. The van der Waals surface area contributed by atoms with Crippen LogP contribution in [-0.4, -0.2) is 17.6 Å². The summed E-state index contributed by atoms with van der Waals surface area (Å²) in [5, 5.41) is 4.66. The second-order valence-electron chi connectivity index (χ2n) is 5.96. The summed E-state index contributed by atoms with van der Waals surface area (Å²) in [7, 11) is 0. The number of hydrogen-bond acceptors (Lipinski definition) is 2. The maximum absolute atomic E-state index is 12.6. The fourth-order valence-corrected chi connectivity index (χ4v) is 3.18. The molecule has 2 amide bonds. The van der Waals surface area contributed by atoms with Crippen LogP contribution in [0, 0.1) is 6.92 Å². The lowest BCUT2D eigenvalue weighted by Crippen LogP contribution is -2.33. The van der Waals surface area contributed by atoms with Gasteiger partial charge >= 0.3 is 6.03 Å². The summed E-state index contributed by atoms with van der Waals surface area (Å²) >= 11 is 5.88. The van der Waals surface area contributed by atoms with E-state index in [1.807, 2.05) is 19.1 Å². The number of benzene rings is 2. The number of halogens is 1. The molecule has 5 heteroatoms. The van der Waals surface area contributed by atoms with Gasteiger partial charge in [0, 0.05) is 22.6 Å². The van der Waals surface area contributed by atoms with Crippen LogP contribution in [0.15, 0.2) is 48.5 Å². The summed E-state index contributed by atoms with van der Waals surface area (Å²) in [5.74, 6) is 0.753. The van der Waals surface area contributed by atoms with Crippen LogP contribution < -0.4 is 10.2 Å². The second-order valence-corrected chi connectivity index (χ2v) is 6.39. The molecule has 3 aromatic rings. The number of carbonyl (C=O) groups is 1. The number of anilines is 2. The number of amides is 2. The number of nitrogens with zero attached hydrogens (tertiary/aromatic N) is 2. The normalized spacial score (nSPS) is 13.2. The Kier molecular flexibility index (Phi) is 3.62. The number of hydrogen-bond donors (Lipinski definition) is 1. The van der Waals surface area contributed by atoms with Crippen LogP contribution in [0.4, 0.5) is 16.3 Å². The maximum atomic E-state index is 12.6. The van der Waals surface area contributed by atoms with Crippen molar-refractivity contribution < 1.29 is 4.79 Å². The number of aryl methyl sites for hydroxylation is 1. The standard InChI is InChI=1S/C19H16ClN3O/c1-12-3-2-4-13-11-14-9-10-23(18(14)22-17(12)13)19(24)21-16-7-5-15(20)6-8-16/h2-8,11H,9-10H2,1H3,(H,21,24). The zero-order valence-electron chi connectivity index (χ0n) is 13.2. The lowest BCUT2D eigenvalue weighted by molar-refractivity contribution is 0.257. The van der Waals surface area contributed by atoms with Crippen molar-refractivity contribution in [2.75, 3.05) is 16.8 Å². The van der Waals surface area contributed by atoms with Crippen molar-refractivity contribution in [2.45, 2.75) is 13.3 Å². The number of pyridine rings is 1. The molecule has 0 spiro atoms. The minimum absolute atomic E-state index is 0.170. The molecule has 1 N–H and O–H groups in total. The largest absolute Gasteiger partial charge is 0.327 e. The van der Waals surface area contributed by atoms with Crippen molar-refractivity contribution >= 4 is 40.0 Å². The Hall–Kier alpha value is -2.59. The van der Waals surface area contributed by atoms with E-state index >= 15 is 0 Å². The van der Waals surface area contributed by atoms with Gasteiger partial charge in [-0.1, -0.05) is 29.8 Å². The number of urea groups is 1. The maximum Gasteiger partial charge on any atom is 0.327 e.